The lowest BCUT2D eigenvalue weighted by Gasteiger charge is -2.14. The Morgan fingerprint density at radius 1 is 1.13 bits per heavy atom. The van der Waals surface area contributed by atoms with Crippen molar-refractivity contribution >= 4 is 38.6 Å². The number of amides is 1. The predicted molar refractivity (Wildman–Crippen MR) is 159 cm³/mol. The summed E-state index contributed by atoms with van der Waals surface area (Å²) in [5, 5.41) is 5.50. The maximum Gasteiger partial charge on any atom is 0.471 e. The van der Waals surface area contributed by atoms with Crippen LogP contribution in [0, 0.1) is 5.82 Å². The number of para-hydroxylation sites is 1. The van der Waals surface area contributed by atoms with E-state index in [-0.39, 0.29) is 36.7 Å². The van der Waals surface area contributed by atoms with Gasteiger partial charge >= 0.3 is 18.1 Å². The molecular weight excluding hydrogens is 620 g/mol. The zero-order valence-electron chi connectivity index (χ0n) is 24.8. The summed E-state index contributed by atoms with van der Waals surface area (Å²) in [4.78, 5) is 31.4. The van der Waals surface area contributed by atoms with Crippen molar-refractivity contribution in [3.63, 3.8) is 0 Å². The maximum absolute atomic E-state index is 15.1. The molecule has 2 aromatic carbocycles. The van der Waals surface area contributed by atoms with Gasteiger partial charge in [0.15, 0.2) is 9.84 Å². The third-order valence-corrected chi connectivity index (χ3v) is 7.51. The number of H-pyrrole nitrogens is 1. The number of oxazole rings is 1. The van der Waals surface area contributed by atoms with Gasteiger partial charge in [-0.1, -0.05) is 30.3 Å². The quantitative estimate of drug-likeness (QED) is 0.0982. The van der Waals surface area contributed by atoms with Crippen molar-refractivity contribution in [1.82, 2.24) is 15.3 Å². The average molecular weight is 653 g/mol. The molecule has 1 unspecified atom stereocenters. The number of halogens is 4. The first-order chi connectivity index (χ1) is 21.0. The van der Waals surface area contributed by atoms with E-state index < -0.39 is 51.6 Å². The Morgan fingerprint density at radius 2 is 1.87 bits per heavy atom. The number of aryl methyl sites for hydroxylation is 1. The standard InChI is InChI=1S/C30H32F4N4O6S/c1-16(2)43-27(39)26-24(18-10-11-19(23(31)13-18)15-45(4,41)42)22-9-5-8-21(25(22)38-26)17(3)37-29-36-14-20(44-29)7-6-12-35-28(40)30(32,33)34/h5,8-11,13-14,16-17,38H,6-7,12,15H2,1-4H3,(H,35,40)(H,36,37). The molecule has 0 bridgehead atoms. The Labute approximate surface area is 256 Å². The van der Waals surface area contributed by atoms with E-state index in [0.29, 0.717) is 33.4 Å². The molecule has 1 amide bonds. The number of esters is 1. The van der Waals surface area contributed by atoms with Crippen molar-refractivity contribution in [2.75, 3.05) is 18.1 Å². The van der Waals surface area contributed by atoms with Crippen molar-refractivity contribution in [2.24, 2.45) is 0 Å². The zero-order valence-corrected chi connectivity index (χ0v) is 25.7. The summed E-state index contributed by atoms with van der Waals surface area (Å²) in [6, 6.07) is 9.13. The molecule has 10 nitrogen and oxygen atoms in total. The number of hydrogen-bond donors (Lipinski definition) is 3. The van der Waals surface area contributed by atoms with Crippen molar-refractivity contribution in [3.8, 4) is 11.1 Å². The monoisotopic (exact) mass is 652 g/mol. The van der Waals surface area contributed by atoms with Gasteiger partial charge in [-0.2, -0.15) is 13.2 Å². The van der Waals surface area contributed by atoms with E-state index in [1.165, 1.54) is 18.3 Å². The number of nitrogens with zero attached hydrogens (tertiary/aromatic N) is 1. The van der Waals surface area contributed by atoms with Crippen molar-refractivity contribution in [1.29, 1.82) is 0 Å². The number of fused-ring (bicyclic) bond motifs is 1. The molecule has 0 aliphatic heterocycles. The highest BCUT2D eigenvalue weighted by atomic mass is 32.2. The summed E-state index contributed by atoms with van der Waals surface area (Å²) in [5.74, 6) is -3.48. The lowest BCUT2D eigenvalue weighted by Crippen LogP contribution is -2.37. The summed E-state index contributed by atoms with van der Waals surface area (Å²) < 4.78 is 86.7. The average Bonchev–Trinajstić information content (AvgIpc) is 3.54. The molecule has 242 valence electrons. The second-order valence-corrected chi connectivity index (χ2v) is 13.0. The molecule has 45 heavy (non-hydrogen) atoms. The highest BCUT2D eigenvalue weighted by molar-refractivity contribution is 7.89. The summed E-state index contributed by atoms with van der Waals surface area (Å²) >= 11 is 0. The van der Waals surface area contributed by atoms with Gasteiger partial charge in [-0.15, -0.1) is 0 Å². The van der Waals surface area contributed by atoms with Crippen LogP contribution in [0.4, 0.5) is 23.6 Å². The zero-order chi connectivity index (χ0) is 33.1. The first-order valence-electron chi connectivity index (χ1n) is 13.9. The minimum Gasteiger partial charge on any atom is -0.458 e. The number of alkyl halides is 3. The Hall–Kier alpha value is -4.40. The van der Waals surface area contributed by atoms with Crippen LogP contribution in [-0.4, -0.2) is 55.3 Å². The molecule has 0 aliphatic carbocycles. The number of rotatable bonds is 12. The van der Waals surface area contributed by atoms with Gasteiger partial charge < -0.3 is 24.8 Å². The largest absolute Gasteiger partial charge is 0.471 e. The summed E-state index contributed by atoms with van der Waals surface area (Å²) in [5.41, 5.74) is 2.06. The van der Waals surface area contributed by atoms with Crippen LogP contribution in [-0.2, 0) is 31.5 Å². The van der Waals surface area contributed by atoms with Crippen LogP contribution in [0.1, 0.15) is 60.6 Å². The van der Waals surface area contributed by atoms with Crippen molar-refractivity contribution < 1.29 is 44.7 Å². The van der Waals surface area contributed by atoms with Gasteiger partial charge in [0.1, 0.15) is 17.3 Å². The number of anilines is 1. The van der Waals surface area contributed by atoms with E-state index in [4.69, 9.17) is 9.15 Å². The number of aromatic amines is 1. The third kappa shape index (κ3) is 8.41. The predicted octanol–water partition coefficient (Wildman–Crippen LogP) is 5.86. The van der Waals surface area contributed by atoms with Crippen molar-refractivity contribution in [3.05, 3.63) is 71.0 Å². The van der Waals surface area contributed by atoms with Gasteiger partial charge in [-0.25, -0.2) is 22.6 Å². The number of ether oxygens (including phenoxy) is 1. The van der Waals surface area contributed by atoms with Crippen LogP contribution in [0.3, 0.4) is 0 Å². The highest BCUT2D eigenvalue weighted by Crippen LogP contribution is 2.37. The molecule has 3 N–H and O–H groups in total. The van der Waals surface area contributed by atoms with Crippen LogP contribution in [0.2, 0.25) is 0 Å². The molecule has 0 saturated carbocycles. The summed E-state index contributed by atoms with van der Waals surface area (Å²) in [7, 11) is -3.48. The van der Waals surface area contributed by atoms with E-state index in [1.807, 2.05) is 6.92 Å². The molecule has 4 rings (SSSR count). The van der Waals surface area contributed by atoms with Gasteiger partial charge in [-0.05, 0) is 44.4 Å². The Morgan fingerprint density at radius 3 is 2.51 bits per heavy atom. The molecule has 2 aromatic heterocycles. The molecule has 0 fully saturated rings. The number of hydrogen-bond acceptors (Lipinski definition) is 8. The van der Waals surface area contributed by atoms with Gasteiger partial charge in [0, 0.05) is 35.7 Å². The van der Waals surface area contributed by atoms with E-state index in [2.05, 4.69) is 15.3 Å². The molecule has 15 heteroatoms. The fourth-order valence-corrected chi connectivity index (χ4v) is 5.55. The molecule has 0 radical (unpaired) electrons. The second-order valence-electron chi connectivity index (χ2n) is 10.8. The Kier molecular flexibility index (Phi) is 9.90. The lowest BCUT2D eigenvalue weighted by molar-refractivity contribution is -0.173. The van der Waals surface area contributed by atoms with Gasteiger partial charge in [-0.3, -0.25) is 4.79 Å². The normalized spacial score (nSPS) is 12.8. The summed E-state index contributed by atoms with van der Waals surface area (Å²) in [6.07, 6.45) is -2.52. The molecule has 0 spiro atoms. The van der Waals surface area contributed by atoms with E-state index >= 15 is 4.39 Å². The van der Waals surface area contributed by atoms with Crippen LogP contribution in [0.5, 0.6) is 0 Å². The van der Waals surface area contributed by atoms with Crippen molar-refractivity contribution in [2.45, 2.75) is 57.7 Å². The number of nitrogens with one attached hydrogen (secondary N) is 3. The minimum absolute atomic E-state index is 0.00212. The van der Waals surface area contributed by atoms with E-state index in [0.717, 1.165) is 6.26 Å². The molecule has 0 aliphatic rings. The minimum atomic E-state index is -4.95. The molecular formula is C30H32F4N4O6S. The van der Waals surface area contributed by atoms with Crippen LogP contribution < -0.4 is 10.6 Å². The van der Waals surface area contributed by atoms with Crippen LogP contribution >= 0.6 is 0 Å². The fourth-order valence-electron chi connectivity index (χ4n) is 4.75. The first kappa shape index (κ1) is 33.5. The van der Waals surface area contributed by atoms with Crippen LogP contribution in [0.15, 0.2) is 47.0 Å². The number of carbonyl (C=O) groups excluding carboxylic acids is 2. The fraction of sp³-hybridized carbons (Fsp3) is 0.367. The first-order valence-corrected chi connectivity index (χ1v) is 16.0. The second kappa shape index (κ2) is 13.3. The van der Waals surface area contributed by atoms with Gasteiger partial charge in [0.2, 0.25) is 0 Å². The molecule has 0 saturated heterocycles. The maximum atomic E-state index is 15.1. The highest BCUT2D eigenvalue weighted by Gasteiger charge is 2.38. The molecule has 4 aromatic rings. The number of aromatic nitrogens is 2. The third-order valence-electron chi connectivity index (χ3n) is 6.68. The Balaban J connectivity index is 1.61. The molecule has 2 heterocycles. The van der Waals surface area contributed by atoms with E-state index in [1.54, 1.807) is 43.4 Å². The molecule has 1 atom stereocenters. The van der Waals surface area contributed by atoms with Gasteiger partial charge in [0.05, 0.1) is 29.6 Å². The smallest absolute Gasteiger partial charge is 0.458 e. The lowest BCUT2D eigenvalue weighted by atomic mass is 9.98. The number of carbonyl (C=O) groups is 2. The number of benzene rings is 2. The summed E-state index contributed by atoms with van der Waals surface area (Å²) in [6.45, 7) is 5.01. The van der Waals surface area contributed by atoms with Crippen LogP contribution in [0.25, 0.3) is 22.0 Å². The Bertz CT molecular complexity index is 1810. The number of sulfone groups is 1. The topological polar surface area (TPSA) is 143 Å². The van der Waals surface area contributed by atoms with E-state index in [9.17, 15) is 31.2 Å². The van der Waals surface area contributed by atoms with Gasteiger partial charge in [0.25, 0.3) is 6.01 Å². The SMILES string of the molecule is CC(C)OC(=O)c1[nH]c2c(C(C)Nc3ncc(CCCNC(=O)C(F)(F)F)o3)cccc2c1-c1ccc(CS(C)(=O)=O)c(F)c1.